The van der Waals surface area contributed by atoms with Gasteiger partial charge in [0.15, 0.2) is 11.5 Å². The summed E-state index contributed by atoms with van der Waals surface area (Å²) < 4.78 is 11.2. The summed E-state index contributed by atoms with van der Waals surface area (Å²) in [5.74, 6) is 0.602. The maximum atomic E-state index is 12.2. The third kappa shape index (κ3) is 6.28. The lowest BCUT2D eigenvalue weighted by Gasteiger charge is -2.11. The number of hydrogen-bond donors (Lipinski definition) is 1. The Labute approximate surface area is 199 Å². The predicted octanol–water partition coefficient (Wildman–Crippen LogP) is 6.65. The smallest absolute Gasteiger partial charge is 0.272 e. The first kappa shape index (κ1) is 23.2. The van der Waals surface area contributed by atoms with Gasteiger partial charge in [0, 0.05) is 5.02 Å². The number of carbonyl (C=O) groups is 1. The van der Waals surface area contributed by atoms with Crippen LogP contribution in [0.3, 0.4) is 0 Å². The van der Waals surface area contributed by atoms with Crippen LogP contribution in [0, 0.1) is 0 Å². The summed E-state index contributed by atoms with van der Waals surface area (Å²) in [5, 5.41) is 5.59. The standard InChI is InChI=1S/C22H16Cl4N2O3/c1-30-21-9-13(11-27-28-22(29)16-5-4-15(23)10-18(16)25)3-7-20(21)31-12-14-2-6-17(24)19(26)8-14/h2-11H,12H2,1H3,(H,28,29)/b27-11-. The second-order valence-corrected chi connectivity index (χ2v) is 7.93. The first-order valence-electron chi connectivity index (χ1n) is 8.90. The number of carbonyl (C=O) groups excluding carboxylic acids is 1. The van der Waals surface area contributed by atoms with Crippen LogP contribution in [0.25, 0.3) is 0 Å². The molecular formula is C22H16Cl4N2O3. The molecular weight excluding hydrogens is 482 g/mol. The molecule has 0 aliphatic heterocycles. The van der Waals surface area contributed by atoms with Crippen molar-refractivity contribution in [1.82, 2.24) is 5.43 Å². The van der Waals surface area contributed by atoms with Gasteiger partial charge in [-0.15, -0.1) is 0 Å². The molecule has 3 rings (SSSR count). The van der Waals surface area contributed by atoms with Gasteiger partial charge < -0.3 is 9.47 Å². The van der Waals surface area contributed by atoms with E-state index < -0.39 is 5.91 Å². The molecule has 0 spiro atoms. The van der Waals surface area contributed by atoms with Crippen molar-refractivity contribution in [2.75, 3.05) is 7.11 Å². The summed E-state index contributed by atoms with van der Waals surface area (Å²) >= 11 is 23.8. The van der Waals surface area contributed by atoms with Gasteiger partial charge in [-0.1, -0.05) is 52.5 Å². The van der Waals surface area contributed by atoms with E-state index in [-0.39, 0.29) is 10.6 Å². The number of ether oxygens (including phenoxy) is 2. The van der Waals surface area contributed by atoms with Gasteiger partial charge in [-0.3, -0.25) is 4.79 Å². The minimum atomic E-state index is -0.452. The number of methoxy groups -OCH3 is 1. The number of nitrogens with zero attached hydrogens (tertiary/aromatic N) is 1. The minimum absolute atomic E-state index is 0.241. The molecule has 3 aromatic rings. The normalized spacial score (nSPS) is 10.9. The predicted molar refractivity (Wildman–Crippen MR) is 125 cm³/mol. The van der Waals surface area contributed by atoms with Crippen LogP contribution in [0.15, 0.2) is 59.7 Å². The van der Waals surface area contributed by atoms with Crippen LogP contribution in [0.1, 0.15) is 21.5 Å². The Bertz CT molecular complexity index is 1140. The average Bonchev–Trinajstić information content (AvgIpc) is 2.74. The third-order valence-corrected chi connectivity index (χ3v) is 5.41. The monoisotopic (exact) mass is 496 g/mol. The van der Waals surface area contributed by atoms with E-state index in [1.165, 1.54) is 25.5 Å². The highest BCUT2D eigenvalue weighted by molar-refractivity contribution is 6.42. The number of hydrogen-bond acceptors (Lipinski definition) is 4. The molecule has 0 aliphatic rings. The van der Waals surface area contributed by atoms with Gasteiger partial charge in [0.05, 0.1) is 34.0 Å². The van der Waals surface area contributed by atoms with Gasteiger partial charge >= 0.3 is 0 Å². The van der Waals surface area contributed by atoms with Gasteiger partial charge in [0.25, 0.3) is 5.91 Å². The molecule has 0 saturated carbocycles. The highest BCUT2D eigenvalue weighted by Gasteiger charge is 2.10. The summed E-state index contributed by atoms with van der Waals surface area (Å²) in [6, 6.07) is 15.1. The molecule has 0 radical (unpaired) electrons. The van der Waals surface area contributed by atoms with Crippen molar-refractivity contribution in [2.45, 2.75) is 6.61 Å². The number of amides is 1. The molecule has 0 atom stereocenters. The molecule has 9 heteroatoms. The Morgan fingerprint density at radius 3 is 2.45 bits per heavy atom. The first-order valence-corrected chi connectivity index (χ1v) is 10.4. The fraction of sp³-hybridized carbons (Fsp3) is 0.0909. The third-order valence-electron chi connectivity index (χ3n) is 4.12. The van der Waals surface area contributed by atoms with Crippen molar-refractivity contribution in [3.63, 3.8) is 0 Å². The zero-order valence-electron chi connectivity index (χ0n) is 16.2. The fourth-order valence-electron chi connectivity index (χ4n) is 2.57. The minimum Gasteiger partial charge on any atom is -0.493 e. The quantitative estimate of drug-likeness (QED) is 0.293. The molecule has 160 valence electrons. The van der Waals surface area contributed by atoms with Gasteiger partial charge in [0.2, 0.25) is 0 Å². The Morgan fingerprint density at radius 1 is 0.935 bits per heavy atom. The summed E-state index contributed by atoms with van der Waals surface area (Å²) in [6.07, 6.45) is 1.48. The topological polar surface area (TPSA) is 59.9 Å². The van der Waals surface area contributed by atoms with E-state index in [4.69, 9.17) is 55.9 Å². The lowest BCUT2D eigenvalue weighted by atomic mass is 10.2. The second kappa shape index (κ2) is 10.7. The average molecular weight is 498 g/mol. The SMILES string of the molecule is COc1cc(/C=N\NC(=O)c2ccc(Cl)cc2Cl)ccc1OCc1ccc(Cl)c(Cl)c1. The summed E-state index contributed by atoms with van der Waals surface area (Å²) in [5.41, 5.74) is 4.26. The molecule has 1 amide bonds. The molecule has 0 aliphatic carbocycles. The van der Waals surface area contributed by atoms with E-state index in [0.717, 1.165) is 5.56 Å². The summed E-state index contributed by atoms with van der Waals surface area (Å²) in [6.45, 7) is 0.290. The zero-order chi connectivity index (χ0) is 22.4. The Balaban J connectivity index is 1.64. The van der Waals surface area contributed by atoms with E-state index in [1.54, 1.807) is 36.4 Å². The Morgan fingerprint density at radius 2 is 1.74 bits per heavy atom. The van der Waals surface area contributed by atoms with E-state index in [9.17, 15) is 4.79 Å². The number of benzene rings is 3. The highest BCUT2D eigenvalue weighted by Crippen LogP contribution is 2.29. The molecule has 31 heavy (non-hydrogen) atoms. The van der Waals surface area contributed by atoms with E-state index in [2.05, 4.69) is 10.5 Å². The molecule has 0 heterocycles. The van der Waals surface area contributed by atoms with Crippen LogP contribution < -0.4 is 14.9 Å². The second-order valence-electron chi connectivity index (χ2n) is 6.27. The van der Waals surface area contributed by atoms with Gasteiger partial charge in [0.1, 0.15) is 6.61 Å². The van der Waals surface area contributed by atoms with Crippen molar-refractivity contribution in [1.29, 1.82) is 0 Å². The zero-order valence-corrected chi connectivity index (χ0v) is 19.2. The van der Waals surface area contributed by atoms with Crippen LogP contribution in [0.5, 0.6) is 11.5 Å². The van der Waals surface area contributed by atoms with E-state index >= 15 is 0 Å². The molecule has 1 N–H and O–H groups in total. The maximum absolute atomic E-state index is 12.2. The van der Waals surface area contributed by atoms with Crippen LogP contribution in [0.4, 0.5) is 0 Å². The molecule has 0 aromatic heterocycles. The maximum Gasteiger partial charge on any atom is 0.272 e. The van der Waals surface area contributed by atoms with Crippen molar-refractivity contribution < 1.29 is 14.3 Å². The van der Waals surface area contributed by atoms with Crippen molar-refractivity contribution in [3.05, 3.63) is 91.4 Å². The number of rotatable bonds is 7. The molecule has 0 bridgehead atoms. The van der Waals surface area contributed by atoms with Crippen LogP contribution in [-0.2, 0) is 6.61 Å². The van der Waals surface area contributed by atoms with Crippen LogP contribution in [0.2, 0.25) is 20.1 Å². The number of nitrogens with one attached hydrogen (secondary N) is 1. The Kier molecular flexibility index (Phi) is 8.04. The van der Waals surface area contributed by atoms with E-state index in [0.29, 0.717) is 38.7 Å². The largest absolute Gasteiger partial charge is 0.493 e. The first-order chi connectivity index (χ1) is 14.9. The van der Waals surface area contributed by atoms with E-state index in [1.807, 2.05) is 6.07 Å². The lowest BCUT2D eigenvalue weighted by Crippen LogP contribution is -2.18. The fourth-order valence-corrected chi connectivity index (χ4v) is 3.39. The molecule has 0 fully saturated rings. The molecule has 0 saturated heterocycles. The van der Waals surface area contributed by atoms with Crippen molar-refractivity contribution in [3.8, 4) is 11.5 Å². The lowest BCUT2D eigenvalue weighted by molar-refractivity contribution is 0.0955. The molecule has 0 unspecified atom stereocenters. The molecule has 5 nitrogen and oxygen atoms in total. The Hall–Kier alpha value is -2.44. The number of halogens is 4. The highest BCUT2D eigenvalue weighted by atomic mass is 35.5. The van der Waals surface area contributed by atoms with Gasteiger partial charge in [-0.25, -0.2) is 5.43 Å². The number of hydrazone groups is 1. The van der Waals surface area contributed by atoms with Crippen molar-refractivity contribution >= 4 is 58.5 Å². The summed E-state index contributed by atoms with van der Waals surface area (Å²) in [7, 11) is 1.53. The van der Waals surface area contributed by atoms with Crippen LogP contribution >= 0.6 is 46.4 Å². The molecule has 3 aromatic carbocycles. The van der Waals surface area contributed by atoms with Gasteiger partial charge in [-0.05, 0) is 59.7 Å². The van der Waals surface area contributed by atoms with Crippen molar-refractivity contribution in [2.24, 2.45) is 5.10 Å². The van der Waals surface area contributed by atoms with Crippen LogP contribution in [-0.4, -0.2) is 19.2 Å². The van der Waals surface area contributed by atoms with Gasteiger partial charge in [-0.2, -0.15) is 5.10 Å². The summed E-state index contributed by atoms with van der Waals surface area (Å²) in [4.78, 5) is 12.2.